The minimum absolute atomic E-state index is 0.178. The normalized spacial score (nSPS) is 17.1. The molecule has 1 aromatic heterocycles. The molecule has 2 aliphatic rings. The second kappa shape index (κ2) is 5.97. The Balaban J connectivity index is 1.82. The molecule has 0 atom stereocenters. The van der Waals surface area contributed by atoms with Gasteiger partial charge in [0.1, 0.15) is 0 Å². The largest absolute Gasteiger partial charge is 0.315 e. The van der Waals surface area contributed by atoms with E-state index in [0.29, 0.717) is 12.6 Å². The summed E-state index contributed by atoms with van der Waals surface area (Å²) in [7, 11) is 1.89. The van der Waals surface area contributed by atoms with Gasteiger partial charge in [-0.15, -0.1) is 0 Å². The highest BCUT2D eigenvalue weighted by molar-refractivity contribution is 5.62. The van der Waals surface area contributed by atoms with Gasteiger partial charge in [0, 0.05) is 18.2 Å². The van der Waals surface area contributed by atoms with E-state index >= 15 is 0 Å². The van der Waals surface area contributed by atoms with Gasteiger partial charge in [-0.25, -0.2) is 0 Å². The molecule has 1 N–H and O–H groups in total. The van der Waals surface area contributed by atoms with Crippen molar-refractivity contribution in [2.45, 2.75) is 51.1 Å². The van der Waals surface area contributed by atoms with E-state index in [4.69, 9.17) is 0 Å². The van der Waals surface area contributed by atoms with Crippen molar-refractivity contribution >= 4 is 0 Å². The maximum absolute atomic E-state index is 12.8. The van der Waals surface area contributed by atoms with Crippen LogP contribution in [0.2, 0.25) is 0 Å². The number of nitrogens with one attached hydrogen (secondary N) is 1. The highest BCUT2D eigenvalue weighted by Crippen LogP contribution is 2.37. The summed E-state index contributed by atoms with van der Waals surface area (Å²) < 4.78 is 2.04. The van der Waals surface area contributed by atoms with Crippen LogP contribution in [-0.4, -0.2) is 11.6 Å². The topological polar surface area (TPSA) is 34.0 Å². The highest BCUT2D eigenvalue weighted by atomic mass is 16.1. The molecule has 0 aliphatic heterocycles. The highest BCUT2D eigenvalue weighted by Gasteiger charge is 2.28. The van der Waals surface area contributed by atoms with E-state index < -0.39 is 0 Å². The van der Waals surface area contributed by atoms with Crippen molar-refractivity contribution in [1.82, 2.24) is 9.88 Å². The molecule has 2 aliphatic carbocycles. The first-order valence-corrected chi connectivity index (χ1v) is 8.79. The summed E-state index contributed by atoms with van der Waals surface area (Å²) in [6, 6.07) is 11.3. The molecule has 1 fully saturated rings. The van der Waals surface area contributed by atoms with Crippen LogP contribution in [0.4, 0.5) is 0 Å². The smallest absolute Gasteiger partial charge is 0.255 e. The molecule has 120 valence electrons. The van der Waals surface area contributed by atoms with Gasteiger partial charge in [0.15, 0.2) is 0 Å². The molecule has 3 nitrogen and oxygen atoms in total. The molecule has 0 spiro atoms. The molecule has 23 heavy (non-hydrogen) atoms. The number of pyridine rings is 1. The Bertz CT molecular complexity index is 787. The Kier molecular flexibility index (Phi) is 3.82. The standard InChI is InChI=1S/C20H24N2O/c1-21-13-17-8-11-19(22(20(17)23)18-9-10-18)16-7-6-14-4-2-3-5-15(14)12-16/h6-8,11-12,18,21H,2-5,9-10,13H2,1H3. The summed E-state index contributed by atoms with van der Waals surface area (Å²) in [5, 5.41) is 3.10. The fourth-order valence-electron chi connectivity index (χ4n) is 3.74. The van der Waals surface area contributed by atoms with E-state index in [1.54, 1.807) is 0 Å². The molecule has 2 aromatic rings. The van der Waals surface area contributed by atoms with Crippen molar-refractivity contribution in [3.8, 4) is 11.3 Å². The molecule has 0 saturated heterocycles. The maximum atomic E-state index is 12.8. The Labute approximate surface area is 137 Å². The van der Waals surface area contributed by atoms with E-state index in [0.717, 1.165) is 24.1 Å². The third-order valence-corrected chi connectivity index (χ3v) is 5.12. The van der Waals surface area contributed by atoms with E-state index in [1.807, 2.05) is 17.7 Å². The second-order valence-electron chi connectivity index (χ2n) is 6.87. The van der Waals surface area contributed by atoms with E-state index in [-0.39, 0.29) is 5.56 Å². The lowest BCUT2D eigenvalue weighted by atomic mass is 9.90. The van der Waals surface area contributed by atoms with Crippen LogP contribution in [0.15, 0.2) is 35.1 Å². The Hall–Kier alpha value is -1.87. The van der Waals surface area contributed by atoms with Crippen molar-refractivity contribution in [2.75, 3.05) is 7.05 Å². The molecule has 1 aromatic carbocycles. The van der Waals surface area contributed by atoms with Crippen LogP contribution in [-0.2, 0) is 19.4 Å². The molecule has 4 rings (SSSR count). The maximum Gasteiger partial charge on any atom is 0.255 e. The zero-order chi connectivity index (χ0) is 15.8. The lowest BCUT2D eigenvalue weighted by molar-refractivity contribution is 0.682. The van der Waals surface area contributed by atoms with Gasteiger partial charge < -0.3 is 9.88 Å². The summed E-state index contributed by atoms with van der Waals surface area (Å²) >= 11 is 0. The van der Waals surface area contributed by atoms with Crippen molar-refractivity contribution in [3.05, 3.63) is 57.4 Å². The van der Waals surface area contributed by atoms with Gasteiger partial charge in [-0.1, -0.05) is 18.2 Å². The number of rotatable bonds is 4. The third kappa shape index (κ3) is 2.74. The number of benzene rings is 1. The van der Waals surface area contributed by atoms with Crippen molar-refractivity contribution in [2.24, 2.45) is 0 Å². The molecule has 0 amide bonds. The number of aromatic nitrogens is 1. The van der Waals surface area contributed by atoms with Crippen LogP contribution in [0, 0.1) is 0 Å². The van der Waals surface area contributed by atoms with Crippen LogP contribution in [0.3, 0.4) is 0 Å². The lowest BCUT2D eigenvalue weighted by Crippen LogP contribution is -2.26. The predicted molar refractivity (Wildman–Crippen MR) is 93.8 cm³/mol. The van der Waals surface area contributed by atoms with E-state index in [2.05, 4.69) is 29.6 Å². The number of hydrogen-bond donors (Lipinski definition) is 1. The summed E-state index contributed by atoms with van der Waals surface area (Å²) in [4.78, 5) is 12.8. The summed E-state index contributed by atoms with van der Waals surface area (Å²) in [6.45, 7) is 0.635. The average molecular weight is 308 g/mol. The molecule has 0 unspecified atom stereocenters. The molecule has 3 heteroatoms. The number of nitrogens with zero attached hydrogens (tertiary/aromatic N) is 1. The average Bonchev–Trinajstić information content (AvgIpc) is 3.41. The van der Waals surface area contributed by atoms with Crippen molar-refractivity contribution in [3.63, 3.8) is 0 Å². The van der Waals surface area contributed by atoms with E-state index in [1.165, 1.54) is 42.4 Å². The van der Waals surface area contributed by atoms with Gasteiger partial charge in [-0.3, -0.25) is 4.79 Å². The van der Waals surface area contributed by atoms with Gasteiger partial charge in [-0.2, -0.15) is 0 Å². The van der Waals surface area contributed by atoms with Gasteiger partial charge >= 0.3 is 0 Å². The fourth-order valence-corrected chi connectivity index (χ4v) is 3.74. The third-order valence-electron chi connectivity index (χ3n) is 5.12. The number of aryl methyl sites for hydroxylation is 2. The zero-order valence-corrected chi connectivity index (χ0v) is 13.8. The summed E-state index contributed by atoms with van der Waals surface area (Å²) in [5.41, 5.74) is 6.30. The van der Waals surface area contributed by atoms with Crippen LogP contribution in [0.1, 0.15) is 48.4 Å². The zero-order valence-electron chi connectivity index (χ0n) is 13.8. The molecule has 1 saturated carbocycles. The Morgan fingerprint density at radius 1 is 1.09 bits per heavy atom. The van der Waals surface area contributed by atoms with Crippen molar-refractivity contribution in [1.29, 1.82) is 0 Å². The van der Waals surface area contributed by atoms with Gasteiger partial charge in [0.05, 0.1) is 5.69 Å². The number of fused-ring (bicyclic) bond motifs is 1. The van der Waals surface area contributed by atoms with Crippen molar-refractivity contribution < 1.29 is 0 Å². The minimum atomic E-state index is 0.178. The summed E-state index contributed by atoms with van der Waals surface area (Å²) in [5.74, 6) is 0. The summed E-state index contributed by atoms with van der Waals surface area (Å²) in [6.07, 6.45) is 7.22. The molecule has 1 heterocycles. The monoisotopic (exact) mass is 308 g/mol. The van der Waals surface area contributed by atoms with Gasteiger partial charge in [0.25, 0.3) is 5.56 Å². The quantitative estimate of drug-likeness (QED) is 0.938. The SMILES string of the molecule is CNCc1ccc(-c2ccc3c(c2)CCCC3)n(C2CC2)c1=O. The first kappa shape index (κ1) is 14.7. The fraction of sp³-hybridized carbons (Fsp3) is 0.450. The minimum Gasteiger partial charge on any atom is -0.315 e. The van der Waals surface area contributed by atoms with Crippen LogP contribution < -0.4 is 10.9 Å². The van der Waals surface area contributed by atoms with Crippen LogP contribution in [0.5, 0.6) is 0 Å². The van der Waals surface area contributed by atoms with Crippen LogP contribution in [0.25, 0.3) is 11.3 Å². The molecule has 0 bridgehead atoms. The molecular weight excluding hydrogens is 284 g/mol. The van der Waals surface area contributed by atoms with E-state index in [9.17, 15) is 4.79 Å². The predicted octanol–water partition coefficient (Wildman–Crippen LogP) is 3.45. The van der Waals surface area contributed by atoms with Gasteiger partial charge in [-0.05, 0) is 74.4 Å². The van der Waals surface area contributed by atoms with Gasteiger partial charge in [0.2, 0.25) is 0 Å². The number of hydrogen-bond acceptors (Lipinski definition) is 2. The Morgan fingerprint density at radius 2 is 1.87 bits per heavy atom. The second-order valence-corrected chi connectivity index (χ2v) is 6.87. The molecule has 0 radical (unpaired) electrons. The van der Waals surface area contributed by atoms with Crippen LogP contribution >= 0.6 is 0 Å². The first-order chi connectivity index (χ1) is 11.3. The molecular formula is C20H24N2O. The first-order valence-electron chi connectivity index (χ1n) is 8.79. The Morgan fingerprint density at radius 3 is 2.61 bits per heavy atom. The lowest BCUT2D eigenvalue weighted by Gasteiger charge is -2.19.